The van der Waals surface area contributed by atoms with Crippen LogP contribution in [-0.4, -0.2) is 41.7 Å². The van der Waals surface area contributed by atoms with Gasteiger partial charge in [0.15, 0.2) is 5.82 Å². The molecule has 1 atom stereocenters. The summed E-state index contributed by atoms with van der Waals surface area (Å²) in [5, 5.41) is 4.25. The molecule has 10 heteroatoms. The molecule has 3 rings (SSSR count). The highest BCUT2D eigenvalue weighted by atomic mass is 32.3. The summed E-state index contributed by atoms with van der Waals surface area (Å²) in [6.07, 6.45) is 1.19. The molecule has 8 nitrogen and oxygen atoms in total. The van der Waals surface area contributed by atoms with Crippen LogP contribution < -0.4 is 4.90 Å². The van der Waals surface area contributed by atoms with Crippen molar-refractivity contribution in [2.24, 2.45) is 5.92 Å². The Morgan fingerprint density at radius 2 is 2.24 bits per heavy atom. The Labute approximate surface area is 119 Å². The second kappa shape index (κ2) is 4.72. The number of halogens is 1. The van der Waals surface area contributed by atoms with Gasteiger partial charge in [-0.15, -0.1) is 3.89 Å². The van der Waals surface area contributed by atoms with E-state index >= 15 is 0 Å². The smallest absolute Gasteiger partial charge is 0.302 e. The van der Waals surface area contributed by atoms with Crippen LogP contribution >= 0.6 is 0 Å². The molecule has 2 aromatic heterocycles. The van der Waals surface area contributed by atoms with Crippen LogP contribution in [0.15, 0.2) is 10.9 Å². The molecular weight excluding hydrogens is 303 g/mol. The number of carbonyl (C=O) groups excluding carboxylic acids is 1. The van der Waals surface area contributed by atoms with E-state index in [-0.39, 0.29) is 24.6 Å². The van der Waals surface area contributed by atoms with E-state index in [1.165, 1.54) is 11.2 Å². The van der Waals surface area contributed by atoms with Gasteiger partial charge in [0.25, 0.3) is 5.71 Å². The molecule has 21 heavy (non-hydrogen) atoms. The zero-order valence-corrected chi connectivity index (χ0v) is 11.8. The molecule has 1 aliphatic rings. The minimum absolute atomic E-state index is 0.0427. The number of aromatic nitrogens is 3. The van der Waals surface area contributed by atoms with Crippen LogP contribution in [0.1, 0.15) is 12.1 Å². The predicted molar refractivity (Wildman–Crippen MR) is 69.7 cm³/mol. The topological polar surface area (TPSA) is 106 Å². The average Bonchev–Trinajstić information content (AvgIpc) is 2.91. The normalized spacial score (nSPS) is 19.6. The Balaban J connectivity index is 1.96. The minimum Gasteiger partial charge on any atom is -0.335 e. The van der Waals surface area contributed by atoms with Crippen molar-refractivity contribution in [3.63, 3.8) is 0 Å². The van der Waals surface area contributed by atoms with Gasteiger partial charge < -0.3 is 4.52 Å². The van der Waals surface area contributed by atoms with Crippen molar-refractivity contribution in [1.82, 2.24) is 15.1 Å². The first-order valence-corrected chi connectivity index (χ1v) is 7.70. The first kappa shape index (κ1) is 13.9. The van der Waals surface area contributed by atoms with Gasteiger partial charge in [-0.2, -0.15) is 13.4 Å². The van der Waals surface area contributed by atoms with Crippen molar-refractivity contribution in [1.29, 1.82) is 0 Å². The molecule has 112 valence electrons. The van der Waals surface area contributed by atoms with Crippen LogP contribution in [0.25, 0.3) is 11.1 Å². The maximum atomic E-state index is 12.8. The van der Waals surface area contributed by atoms with Gasteiger partial charge in [0, 0.05) is 18.9 Å². The molecule has 3 heterocycles. The molecule has 1 fully saturated rings. The summed E-state index contributed by atoms with van der Waals surface area (Å²) in [6.45, 7) is 1.77. The lowest BCUT2D eigenvalue weighted by Crippen LogP contribution is -2.26. The standard InChI is InChI=1S/C11H11FN4O4S/c1-6-9-10(13-5-14-11(9)20-15-6)16-3-7(2-8(16)17)4-21(12,18)19/h5,7H,2-4H2,1H3. The van der Waals surface area contributed by atoms with Crippen molar-refractivity contribution in [3.05, 3.63) is 12.0 Å². The van der Waals surface area contributed by atoms with E-state index < -0.39 is 21.9 Å². The fraction of sp³-hybridized carbons (Fsp3) is 0.455. The third kappa shape index (κ3) is 2.58. The Morgan fingerprint density at radius 1 is 1.48 bits per heavy atom. The fourth-order valence-corrected chi connectivity index (χ4v) is 3.27. The average molecular weight is 314 g/mol. The zero-order valence-electron chi connectivity index (χ0n) is 11.0. The molecule has 0 radical (unpaired) electrons. The monoisotopic (exact) mass is 314 g/mol. The van der Waals surface area contributed by atoms with E-state index in [0.717, 1.165) is 0 Å². The van der Waals surface area contributed by atoms with Crippen LogP contribution in [0.5, 0.6) is 0 Å². The summed E-state index contributed by atoms with van der Waals surface area (Å²) >= 11 is 0. The number of anilines is 1. The van der Waals surface area contributed by atoms with Crippen LogP contribution in [0, 0.1) is 12.8 Å². The number of carbonyl (C=O) groups is 1. The van der Waals surface area contributed by atoms with Gasteiger partial charge in [-0.25, -0.2) is 4.98 Å². The van der Waals surface area contributed by atoms with Crippen molar-refractivity contribution >= 4 is 33.0 Å². The largest absolute Gasteiger partial charge is 0.335 e. The van der Waals surface area contributed by atoms with Gasteiger partial charge in [0.1, 0.15) is 11.7 Å². The van der Waals surface area contributed by atoms with Gasteiger partial charge in [-0.05, 0) is 6.92 Å². The number of hydrogen-bond donors (Lipinski definition) is 0. The molecule has 0 N–H and O–H groups in total. The molecule has 2 aromatic rings. The molecule has 0 bridgehead atoms. The van der Waals surface area contributed by atoms with Crippen molar-refractivity contribution in [2.75, 3.05) is 17.2 Å². The number of nitrogens with zero attached hydrogens (tertiary/aromatic N) is 4. The number of amides is 1. The van der Waals surface area contributed by atoms with Crippen LogP contribution in [0.2, 0.25) is 0 Å². The summed E-state index contributed by atoms with van der Waals surface area (Å²) in [7, 11) is -4.62. The fourth-order valence-electron chi connectivity index (χ4n) is 2.49. The van der Waals surface area contributed by atoms with Gasteiger partial charge >= 0.3 is 10.2 Å². The highest BCUT2D eigenvalue weighted by Gasteiger charge is 2.35. The van der Waals surface area contributed by atoms with Crippen molar-refractivity contribution < 1.29 is 21.6 Å². The summed E-state index contributed by atoms with van der Waals surface area (Å²) < 4.78 is 39.2. The second-order valence-corrected chi connectivity index (χ2v) is 6.34. The number of rotatable bonds is 3. The maximum absolute atomic E-state index is 12.8. The van der Waals surface area contributed by atoms with E-state index in [1.54, 1.807) is 6.92 Å². The van der Waals surface area contributed by atoms with Gasteiger partial charge in [0.2, 0.25) is 5.91 Å². The zero-order chi connectivity index (χ0) is 15.2. The molecule has 0 spiro atoms. The Morgan fingerprint density at radius 3 is 2.95 bits per heavy atom. The van der Waals surface area contributed by atoms with Crippen molar-refractivity contribution in [3.8, 4) is 0 Å². The van der Waals surface area contributed by atoms with Crippen LogP contribution in [0.3, 0.4) is 0 Å². The first-order chi connectivity index (χ1) is 9.85. The number of fused-ring (bicyclic) bond motifs is 1. The van der Waals surface area contributed by atoms with Gasteiger partial charge in [0.05, 0.1) is 11.4 Å². The van der Waals surface area contributed by atoms with Gasteiger partial charge in [-0.3, -0.25) is 9.69 Å². The third-order valence-corrected chi connectivity index (χ3v) is 4.19. The quantitative estimate of drug-likeness (QED) is 0.763. The van der Waals surface area contributed by atoms with Crippen molar-refractivity contribution in [2.45, 2.75) is 13.3 Å². The second-order valence-electron chi connectivity index (χ2n) is 4.93. The highest BCUT2D eigenvalue weighted by Crippen LogP contribution is 2.31. The summed E-state index contributed by atoms with van der Waals surface area (Å²) in [6, 6.07) is 0. The first-order valence-electron chi connectivity index (χ1n) is 6.15. The van der Waals surface area contributed by atoms with Crippen LogP contribution in [0.4, 0.5) is 9.70 Å². The molecule has 0 saturated carbocycles. The lowest BCUT2D eigenvalue weighted by molar-refractivity contribution is -0.117. The summed E-state index contributed by atoms with van der Waals surface area (Å²) in [4.78, 5) is 21.3. The lowest BCUT2D eigenvalue weighted by atomic mass is 10.1. The minimum atomic E-state index is -4.62. The summed E-state index contributed by atoms with van der Waals surface area (Å²) in [5.74, 6) is -1.28. The SMILES string of the molecule is Cc1noc2ncnc(N3CC(CS(=O)(=O)F)CC3=O)c12. The molecular formula is C11H11FN4O4S. The molecule has 1 unspecified atom stereocenters. The third-order valence-electron chi connectivity index (χ3n) is 3.32. The Kier molecular flexibility index (Phi) is 3.12. The maximum Gasteiger partial charge on any atom is 0.302 e. The molecule has 1 saturated heterocycles. The Bertz CT molecular complexity index is 819. The van der Waals surface area contributed by atoms with Gasteiger partial charge in [-0.1, -0.05) is 5.16 Å². The van der Waals surface area contributed by atoms with E-state index in [4.69, 9.17) is 4.52 Å². The van der Waals surface area contributed by atoms with E-state index in [0.29, 0.717) is 16.9 Å². The predicted octanol–water partition coefficient (Wildman–Crippen LogP) is 0.578. The van der Waals surface area contributed by atoms with Crippen LogP contribution in [-0.2, 0) is 15.0 Å². The summed E-state index contributed by atoms with van der Waals surface area (Å²) in [5.41, 5.74) is 0.766. The highest BCUT2D eigenvalue weighted by molar-refractivity contribution is 7.86. The Hall–Kier alpha value is -2.10. The molecule has 1 amide bonds. The number of hydrogen-bond acceptors (Lipinski definition) is 7. The van der Waals surface area contributed by atoms with E-state index in [1.807, 2.05) is 0 Å². The molecule has 1 aliphatic heterocycles. The molecule has 0 aliphatic carbocycles. The van der Waals surface area contributed by atoms with E-state index in [2.05, 4.69) is 15.1 Å². The lowest BCUT2D eigenvalue weighted by Gasteiger charge is -2.15. The van der Waals surface area contributed by atoms with E-state index in [9.17, 15) is 17.1 Å². The number of aryl methyl sites for hydroxylation is 1. The molecule has 0 aromatic carbocycles.